The van der Waals surface area contributed by atoms with Crippen molar-refractivity contribution in [1.29, 1.82) is 0 Å². The van der Waals surface area contributed by atoms with Gasteiger partial charge in [0.15, 0.2) is 5.13 Å². The molecule has 0 bridgehead atoms. The van der Waals surface area contributed by atoms with Gasteiger partial charge in [-0.25, -0.2) is 4.98 Å². The number of aromatic nitrogens is 1. The summed E-state index contributed by atoms with van der Waals surface area (Å²) in [4.78, 5) is 6.91. The summed E-state index contributed by atoms with van der Waals surface area (Å²) in [6.45, 7) is 5.15. The van der Waals surface area contributed by atoms with Gasteiger partial charge in [-0.3, -0.25) is 0 Å². The van der Waals surface area contributed by atoms with E-state index in [0.717, 1.165) is 17.4 Å². The molecule has 2 atom stereocenters. The van der Waals surface area contributed by atoms with E-state index in [4.69, 9.17) is 0 Å². The minimum absolute atomic E-state index is 0.452. The molecule has 0 saturated carbocycles. The summed E-state index contributed by atoms with van der Waals surface area (Å²) in [5.74, 6) is 0. The molecule has 4 heteroatoms. The number of aliphatic hydroxyl groups excluding tert-OH is 1. The Morgan fingerprint density at radius 3 is 3.00 bits per heavy atom. The van der Waals surface area contributed by atoms with Crippen molar-refractivity contribution in [2.75, 3.05) is 11.4 Å². The second-order valence-electron chi connectivity index (χ2n) is 4.62. The van der Waals surface area contributed by atoms with E-state index in [2.05, 4.69) is 16.8 Å². The molecule has 1 aromatic rings. The van der Waals surface area contributed by atoms with E-state index in [1.165, 1.54) is 25.7 Å². The van der Waals surface area contributed by atoms with Crippen molar-refractivity contribution >= 4 is 16.5 Å². The maximum Gasteiger partial charge on any atom is 0.185 e. The van der Waals surface area contributed by atoms with Gasteiger partial charge in [0.25, 0.3) is 0 Å². The average Bonchev–Trinajstić information content (AvgIpc) is 2.63. The van der Waals surface area contributed by atoms with Crippen LogP contribution in [0.4, 0.5) is 5.13 Å². The van der Waals surface area contributed by atoms with E-state index in [0.29, 0.717) is 6.04 Å². The highest BCUT2D eigenvalue weighted by Gasteiger charge is 2.20. The Kier molecular flexibility index (Phi) is 3.82. The van der Waals surface area contributed by atoms with Gasteiger partial charge in [-0.15, -0.1) is 11.3 Å². The lowest BCUT2D eigenvalue weighted by molar-refractivity contribution is 0.195. The molecule has 1 fully saturated rings. The number of thiazole rings is 1. The third-order valence-electron chi connectivity index (χ3n) is 3.24. The number of nitrogens with zero attached hydrogens (tertiary/aromatic N) is 2. The fourth-order valence-corrected chi connectivity index (χ4v) is 3.20. The smallest absolute Gasteiger partial charge is 0.185 e. The van der Waals surface area contributed by atoms with Crippen molar-refractivity contribution < 1.29 is 5.11 Å². The molecular formula is C12H20N2OS. The fraction of sp³-hybridized carbons (Fsp3) is 0.750. The number of rotatable bonds is 2. The minimum Gasteiger partial charge on any atom is -0.387 e. The molecule has 1 aromatic heterocycles. The molecule has 3 nitrogen and oxygen atoms in total. The van der Waals surface area contributed by atoms with E-state index in [1.807, 2.05) is 5.38 Å². The number of hydrogen-bond donors (Lipinski definition) is 1. The topological polar surface area (TPSA) is 36.4 Å². The van der Waals surface area contributed by atoms with E-state index in [9.17, 15) is 5.11 Å². The Morgan fingerprint density at radius 1 is 1.50 bits per heavy atom. The van der Waals surface area contributed by atoms with Crippen LogP contribution < -0.4 is 4.90 Å². The summed E-state index contributed by atoms with van der Waals surface area (Å²) in [5, 5.41) is 12.5. The van der Waals surface area contributed by atoms with Gasteiger partial charge in [0.05, 0.1) is 11.8 Å². The third-order valence-corrected chi connectivity index (χ3v) is 4.13. The van der Waals surface area contributed by atoms with Gasteiger partial charge in [-0.2, -0.15) is 0 Å². The SMILES string of the molecule is CC(O)c1csc(N2CCCCCC2C)n1. The summed E-state index contributed by atoms with van der Waals surface area (Å²) in [5.41, 5.74) is 0.802. The van der Waals surface area contributed by atoms with Gasteiger partial charge in [0.2, 0.25) is 0 Å². The maximum absolute atomic E-state index is 9.48. The summed E-state index contributed by atoms with van der Waals surface area (Å²) < 4.78 is 0. The average molecular weight is 240 g/mol. The van der Waals surface area contributed by atoms with Gasteiger partial charge in [-0.05, 0) is 26.7 Å². The Morgan fingerprint density at radius 2 is 2.31 bits per heavy atom. The molecule has 2 rings (SSSR count). The van der Waals surface area contributed by atoms with Gasteiger partial charge >= 0.3 is 0 Å². The van der Waals surface area contributed by atoms with E-state index in [-0.39, 0.29) is 0 Å². The molecule has 0 spiro atoms. The summed E-state index contributed by atoms with van der Waals surface area (Å²) in [6.07, 6.45) is 4.71. The normalized spacial score (nSPS) is 24.2. The third kappa shape index (κ3) is 2.55. The van der Waals surface area contributed by atoms with Crippen LogP contribution in [0, 0.1) is 0 Å². The Hall–Kier alpha value is -0.610. The summed E-state index contributed by atoms with van der Waals surface area (Å²) in [7, 11) is 0. The van der Waals surface area contributed by atoms with Gasteiger partial charge in [0, 0.05) is 18.0 Å². The minimum atomic E-state index is -0.452. The number of anilines is 1. The monoisotopic (exact) mass is 240 g/mol. The highest BCUT2D eigenvalue weighted by atomic mass is 32.1. The second-order valence-corrected chi connectivity index (χ2v) is 5.46. The number of hydrogen-bond acceptors (Lipinski definition) is 4. The molecular weight excluding hydrogens is 220 g/mol. The maximum atomic E-state index is 9.48. The molecule has 0 amide bonds. The zero-order valence-corrected chi connectivity index (χ0v) is 10.8. The van der Waals surface area contributed by atoms with Crippen LogP contribution in [-0.4, -0.2) is 22.7 Å². The largest absolute Gasteiger partial charge is 0.387 e. The van der Waals surface area contributed by atoms with Crippen molar-refractivity contribution in [1.82, 2.24) is 4.98 Å². The van der Waals surface area contributed by atoms with Gasteiger partial charge in [-0.1, -0.05) is 12.8 Å². The van der Waals surface area contributed by atoms with Crippen LogP contribution in [-0.2, 0) is 0 Å². The number of aliphatic hydroxyl groups is 1. The van der Waals surface area contributed by atoms with Crippen LogP contribution in [0.15, 0.2) is 5.38 Å². The van der Waals surface area contributed by atoms with Gasteiger partial charge < -0.3 is 10.0 Å². The van der Waals surface area contributed by atoms with E-state index in [1.54, 1.807) is 18.3 Å². The molecule has 2 unspecified atom stereocenters. The van der Waals surface area contributed by atoms with Crippen LogP contribution in [0.2, 0.25) is 0 Å². The lowest BCUT2D eigenvalue weighted by atomic mass is 10.1. The fourth-order valence-electron chi connectivity index (χ4n) is 2.16. The highest BCUT2D eigenvalue weighted by molar-refractivity contribution is 7.13. The molecule has 0 aromatic carbocycles. The molecule has 1 saturated heterocycles. The van der Waals surface area contributed by atoms with Crippen LogP contribution in [0.25, 0.3) is 0 Å². The molecule has 2 heterocycles. The molecule has 1 N–H and O–H groups in total. The Bertz CT molecular complexity index is 338. The summed E-state index contributed by atoms with van der Waals surface area (Å²) in [6, 6.07) is 0.579. The van der Waals surface area contributed by atoms with Crippen molar-refractivity contribution in [3.05, 3.63) is 11.1 Å². The highest BCUT2D eigenvalue weighted by Crippen LogP contribution is 2.28. The molecule has 90 valence electrons. The van der Waals surface area contributed by atoms with Crippen molar-refractivity contribution in [3.8, 4) is 0 Å². The Labute approximate surface area is 101 Å². The predicted molar refractivity (Wildman–Crippen MR) is 68.0 cm³/mol. The molecule has 1 aliphatic rings. The van der Waals surface area contributed by atoms with E-state index >= 15 is 0 Å². The van der Waals surface area contributed by atoms with Crippen molar-refractivity contribution in [3.63, 3.8) is 0 Å². The van der Waals surface area contributed by atoms with Crippen LogP contribution in [0.3, 0.4) is 0 Å². The second kappa shape index (κ2) is 5.15. The van der Waals surface area contributed by atoms with Crippen LogP contribution in [0.1, 0.15) is 51.3 Å². The first kappa shape index (κ1) is 11.9. The summed E-state index contributed by atoms with van der Waals surface area (Å²) >= 11 is 1.65. The molecule has 0 aliphatic carbocycles. The van der Waals surface area contributed by atoms with E-state index < -0.39 is 6.10 Å². The van der Waals surface area contributed by atoms with Crippen LogP contribution >= 0.6 is 11.3 Å². The molecule has 16 heavy (non-hydrogen) atoms. The zero-order chi connectivity index (χ0) is 11.5. The zero-order valence-electron chi connectivity index (χ0n) is 10.0. The molecule has 0 radical (unpaired) electrons. The lowest BCUT2D eigenvalue weighted by Gasteiger charge is -2.26. The quantitative estimate of drug-likeness (QED) is 0.863. The first-order valence-corrected chi connectivity index (χ1v) is 6.96. The Balaban J connectivity index is 2.14. The standard InChI is InChI=1S/C12H20N2OS/c1-9-6-4-3-5-7-14(9)12-13-11(8-16-12)10(2)15/h8-10,15H,3-7H2,1-2H3. The predicted octanol–water partition coefficient (Wildman–Crippen LogP) is 2.97. The van der Waals surface area contributed by atoms with Crippen LogP contribution in [0.5, 0.6) is 0 Å². The first-order chi connectivity index (χ1) is 7.68. The van der Waals surface area contributed by atoms with Crippen molar-refractivity contribution in [2.45, 2.75) is 51.7 Å². The lowest BCUT2D eigenvalue weighted by Crippen LogP contribution is -2.32. The molecule has 1 aliphatic heterocycles. The van der Waals surface area contributed by atoms with Crippen molar-refractivity contribution in [2.24, 2.45) is 0 Å². The van der Waals surface area contributed by atoms with Gasteiger partial charge in [0.1, 0.15) is 0 Å². The first-order valence-electron chi connectivity index (χ1n) is 6.08.